The van der Waals surface area contributed by atoms with Crippen molar-refractivity contribution in [2.24, 2.45) is 0 Å². The van der Waals surface area contributed by atoms with Crippen molar-refractivity contribution in [2.75, 3.05) is 0 Å². The van der Waals surface area contributed by atoms with Gasteiger partial charge in [0.15, 0.2) is 11.3 Å². The summed E-state index contributed by atoms with van der Waals surface area (Å²) in [5.41, 5.74) is -0.608. The number of piperidine rings is 2. The van der Waals surface area contributed by atoms with Gasteiger partial charge in [0, 0.05) is 18.5 Å². The summed E-state index contributed by atoms with van der Waals surface area (Å²) in [6.07, 6.45) is 0.294. The first-order chi connectivity index (χ1) is 11.7. The van der Waals surface area contributed by atoms with Crippen molar-refractivity contribution in [1.29, 1.82) is 0 Å². The second-order valence-electron chi connectivity index (χ2n) is 7.57. The molecule has 0 N–H and O–H groups in total. The fourth-order valence-electron chi connectivity index (χ4n) is 3.54. The van der Waals surface area contributed by atoms with Crippen molar-refractivity contribution in [3.05, 3.63) is 17.3 Å². The van der Waals surface area contributed by atoms with Crippen LogP contribution >= 0.6 is 11.6 Å². The first-order valence-electron chi connectivity index (χ1n) is 8.56. The van der Waals surface area contributed by atoms with Crippen LogP contribution in [0.2, 0.25) is 5.15 Å². The van der Waals surface area contributed by atoms with Gasteiger partial charge < -0.3 is 9.47 Å². The lowest BCUT2D eigenvalue weighted by molar-refractivity contribution is -0.0802. The van der Waals surface area contributed by atoms with Crippen LogP contribution in [0.4, 0.5) is 9.18 Å². The molecule has 2 fully saturated rings. The molecule has 4 atom stereocenters. The predicted molar refractivity (Wildman–Crippen MR) is 90.5 cm³/mol. The van der Waals surface area contributed by atoms with Crippen molar-refractivity contribution in [1.82, 2.24) is 15.1 Å². The maximum atomic E-state index is 15.1. The van der Waals surface area contributed by atoms with Crippen molar-refractivity contribution in [2.45, 2.75) is 76.4 Å². The van der Waals surface area contributed by atoms with E-state index >= 15 is 4.39 Å². The lowest BCUT2D eigenvalue weighted by Crippen LogP contribution is -2.63. The lowest BCUT2D eigenvalue weighted by atomic mass is 9.82. The van der Waals surface area contributed by atoms with Crippen LogP contribution in [0.1, 0.15) is 46.5 Å². The Morgan fingerprint density at radius 1 is 1.32 bits per heavy atom. The van der Waals surface area contributed by atoms with E-state index in [0.717, 1.165) is 12.8 Å². The van der Waals surface area contributed by atoms with Gasteiger partial charge in [-0.15, -0.1) is 10.2 Å². The summed E-state index contributed by atoms with van der Waals surface area (Å²) in [5.74, 6) is 0.237. The molecule has 0 spiro atoms. The number of hydrogen-bond acceptors (Lipinski definition) is 5. The number of fused-ring (bicyclic) bond motifs is 2. The van der Waals surface area contributed by atoms with E-state index in [-0.39, 0.29) is 17.1 Å². The van der Waals surface area contributed by atoms with Gasteiger partial charge in [-0.1, -0.05) is 11.6 Å². The maximum Gasteiger partial charge on any atom is 0.410 e. The molecule has 1 aromatic rings. The molecule has 2 bridgehead atoms. The topological polar surface area (TPSA) is 64.5 Å². The van der Waals surface area contributed by atoms with Gasteiger partial charge in [0.25, 0.3) is 0 Å². The Hall–Kier alpha value is -1.63. The SMILES string of the molecule is CC(C)(C)OC(=O)N1[C@H]2CCC[C@H]1[C@@H](F)[C@@H](Oc1ccc(Cl)nn1)C2. The van der Waals surface area contributed by atoms with E-state index in [1.165, 1.54) is 0 Å². The van der Waals surface area contributed by atoms with Crippen LogP contribution in [0, 0.1) is 0 Å². The highest BCUT2D eigenvalue weighted by atomic mass is 35.5. The fraction of sp³-hybridized carbons (Fsp3) is 0.706. The molecular formula is C17H23ClFN3O3. The second-order valence-corrected chi connectivity index (χ2v) is 7.96. The minimum Gasteiger partial charge on any atom is -0.470 e. The Bertz CT molecular complexity index is 623. The molecule has 25 heavy (non-hydrogen) atoms. The lowest BCUT2D eigenvalue weighted by Gasteiger charge is -2.49. The van der Waals surface area contributed by atoms with Crippen molar-refractivity contribution in [3.63, 3.8) is 0 Å². The molecule has 0 unspecified atom stereocenters. The highest BCUT2D eigenvalue weighted by molar-refractivity contribution is 6.29. The number of nitrogens with zero attached hydrogens (tertiary/aromatic N) is 3. The van der Waals surface area contributed by atoms with Crippen LogP contribution in [0.25, 0.3) is 0 Å². The first kappa shape index (κ1) is 18.2. The molecule has 0 radical (unpaired) electrons. The summed E-state index contributed by atoms with van der Waals surface area (Å²) in [4.78, 5) is 14.1. The van der Waals surface area contributed by atoms with Crippen LogP contribution in [0.5, 0.6) is 5.88 Å². The number of ether oxygens (including phenoxy) is 2. The molecule has 2 saturated heterocycles. The molecule has 138 valence electrons. The van der Waals surface area contributed by atoms with Gasteiger partial charge in [-0.25, -0.2) is 9.18 Å². The third kappa shape index (κ3) is 4.14. The van der Waals surface area contributed by atoms with Gasteiger partial charge in [-0.3, -0.25) is 4.90 Å². The molecule has 0 aromatic carbocycles. The summed E-state index contributed by atoms with van der Waals surface area (Å²) in [6, 6.07) is 2.49. The standard InChI is InChI=1S/C17H23ClFN3O3/c1-17(2,3)25-16(23)22-10-5-4-6-11(22)15(19)12(9-10)24-14-8-7-13(18)20-21-14/h7-8,10-12,15H,4-6,9H2,1-3H3/t10-,11-,12-,15+/m0/s1. The van der Waals surface area contributed by atoms with Gasteiger partial charge in [0.1, 0.15) is 11.7 Å². The zero-order valence-electron chi connectivity index (χ0n) is 14.6. The number of alkyl halides is 1. The van der Waals surface area contributed by atoms with E-state index < -0.39 is 30.0 Å². The average molecular weight is 372 g/mol. The van der Waals surface area contributed by atoms with Crippen molar-refractivity contribution < 1.29 is 18.7 Å². The van der Waals surface area contributed by atoms with Gasteiger partial charge in [0.05, 0.1) is 6.04 Å². The molecule has 1 aromatic heterocycles. The highest BCUT2D eigenvalue weighted by Gasteiger charge is 2.49. The van der Waals surface area contributed by atoms with Crippen LogP contribution in [-0.2, 0) is 4.74 Å². The summed E-state index contributed by atoms with van der Waals surface area (Å²) in [7, 11) is 0. The third-order valence-electron chi connectivity index (χ3n) is 4.50. The molecule has 8 heteroatoms. The van der Waals surface area contributed by atoms with Crippen LogP contribution in [-0.4, -0.2) is 51.2 Å². The van der Waals surface area contributed by atoms with Crippen LogP contribution in [0.3, 0.4) is 0 Å². The zero-order chi connectivity index (χ0) is 18.2. The maximum absolute atomic E-state index is 15.1. The largest absolute Gasteiger partial charge is 0.470 e. The zero-order valence-corrected chi connectivity index (χ0v) is 15.4. The van der Waals surface area contributed by atoms with E-state index in [1.807, 2.05) is 20.8 Å². The Balaban J connectivity index is 1.74. The Morgan fingerprint density at radius 2 is 2.08 bits per heavy atom. The number of carbonyl (C=O) groups is 1. The number of carbonyl (C=O) groups excluding carboxylic acids is 1. The smallest absolute Gasteiger partial charge is 0.410 e. The number of hydrogen-bond donors (Lipinski definition) is 0. The molecule has 2 aliphatic rings. The van der Waals surface area contributed by atoms with Crippen LogP contribution < -0.4 is 4.74 Å². The number of rotatable bonds is 2. The number of amides is 1. The Morgan fingerprint density at radius 3 is 2.72 bits per heavy atom. The number of halogens is 2. The van der Waals surface area contributed by atoms with E-state index in [2.05, 4.69) is 10.2 Å². The summed E-state index contributed by atoms with van der Waals surface area (Å²) >= 11 is 5.71. The molecule has 3 rings (SSSR count). The average Bonchev–Trinajstić information content (AvgIpc) is 2.52. The molecular weight excluding hydrogens is 349 g/mol. The quantitative estimate of drug-likeness (QED) is 0.791. The van der Waals surface area contributed by atoms with Crippen molar-refractivity contribution >= 4 is 17.7 Å². The highest BCUT2D eigenvalue weighted by Crippen LogP contribution is 2.38. The summed E-state index contributed by atoms with van der Waals surface area (Å²) < 4.78 is 26.3. The van der Waals surface area contributed by atoms with Crippen LogP contribution in [0.15, 0.2) is 12.1 Å². The van der Waals surface area contributed by atoms with E-state index in [9.17, 15) is 4.79 Å². The Labute approximate surface area is 151 Å². The minimum atomic E-state index is -1.30. The third-order valence-corrected chi connectivity index (χ3v) is 4.70. The summed E-state index contributed by atoms with van der Waals surface area (Å²) in [5, 5.41) is 7.79. The number of aromatic nitrogens is 2. The monoisotopic (exact) mass is 371 g/mol. The first-order valence-corrected chi connectivity index (χ1v) is 8.93. The van der Waals surface area contributed by atoms with Gasteiger partial charge >= 0.3 is 6.09 Å². The van der Waals surface area contributed by atoms with Gasteiger partial charge in [-0.05, 0) is 46.1 Å². The van der Waals surface area contributed by atoms with E-state index in [4.69, 9.17) is 21.1 Å². The van der Waals surface area contributed by atoms with Crippen molar-refractivity contribution in [3.8, 4) is 5.88 Å². The normalized spacial score (nSPS) is 29.2. The molecule has 0 aliphatic carbocycles. The second kappa shape index (κ2) is 6.94. The Kier molecular flexibility index (Phi) is 5.04. The molecule has 2 aliphatic heterocycles. The molecule has 0 saturated carbocycles. The fourth-order valence-corrected chi connectivity index (χ4v) is 3.64. The predicted octanol–water partition coefficient (Wildman–Crippen LogP) is 3.78. The van der Waals surface area contributed by atoms with E-state index in [1.54, 1.807) is 17.0 Å². The molecule has 3 heterocycles. The summed E-state index contributed by atoms with van der Waals surface area (Å²) in [6.45, 7) is 5.42. The van der Waals surface area contributed by atoms with E-state index in [0.29, 0.717) is 12.8 Å². The van der Waals surface area contributed by atoms with Gasteiger partial charge in [0.2, 0.25) is 5.88 Å². The van der Waals surface area contributed by atoms with Gasteiger partial charge in [-0.2, -0.15) is 0 Å². The molecule has 6 nitrogen and oxygen atoms in total. The molecule has 1 amide bonds. The minimum absolute atomic E-state index is 0.0918.